The third-order valence-electron chi connectivity index (χ3n) is 5.85. The molecule has 2 atom stereocenters. The molecular formula is C25H24F9N3O5. The summed E-state index contributed by atoms with van der Waals surface area (Å²) in [5, 5.41) is 20.4. The molecule has 2 unspecified atom stereocenters. The number of benzene rings is 1. The van der Waals surface area contributed by atoms with E-state index in [0.29, 0.717) is 17.5 Å². The fourth-order valence-electron chi connectivity index (χ4n) is 3.41. The predicted octanol–water partition coefficient (Wildman–Crippen LogP) is 5.15. The van der Waals surface area contributed by atoms with Crippen LogP contribution in [0.5, 0.6) is 0 Å². The van der Waals surface area contributed by atoms with Crippen LogP contribution in [0.15, 0.2) is 42.6 Å². The van der Waals surface area contributed by atoms with E-state index in [2.05, 4.69) is 15.6 Å². The van der Waals surface area contributed by atoms with E-state index in [1.165, 1.54) is 30.7 Å². The number of carbonyl (C=O) groups is 3. The second-order valence-corrected chi connectivity index (χ2v) is 9.21. The maximum absolute atomic E-state index is 13.0. The minimum absolute atomic E-state index is 0.192. The molecule has 1 amide bonds. The molecule has 2 fully saturated rings. The highest BCUT2D eigenvalue weighted by molar-refractivity contribution is 5.94. The molecule has 4 rings (SSSR count). The van der Waals surface area contributed by atoms with Gasteiger partial charge in [0.05, 0.1) is 17.8 Å². The Morgan fingerprint density at radius 3 is 1.83 bits per heavy atom. The molecule has 0 spiro atoms. The number of halogens is 9. The number of nitrogens with one attached hydrogen (secondary N) is 2. The van der Waals surface area contributed by atoms with Crippen LogP contribution in [0.25, 0.3) is 0 Å². The molecule has 2 aliphatic rings. The molecule has 1 heterocycles. The van der Waals surface area contributed by atoms with Crippen molar-refractivity contribution < 1.29 is 64.1 Å². The number of aromatic nitrogens is 1. The molecule has 2 aromatic rings. The number of hydrogen-bond donors (Lipinski definition) is 4. The number of carbonyl (C=O) groups excluding carboxylic acids is 1. The average molecular weight is 617 g/mol. The lowest BCUT2D eigenvalue weighted by Crippen LogP contribution is -2.25. The summed E-state index contributed by atoms with van der Waals surface area (Å²) in [5.74, 6) is -4.59. The van der Waals surface area contributed by atoms with Crippen molar-refractivity contribution >= 4 is 17.8 Å². The summed E-state index contributed by atoms with van der Waals surface area (Å²) in [6.45, 7) is 0.821. The SMILES string of the molecule is O=C(NCc1ncccc1C(F)(F)F)c1ccc(C2CC2NCC2CC2)cc1.O=C(O)C(F)(F)F.O=C(O)C(F)(F)F. The summed E-state index contributed by atoms with van der Waals surface area (Å²) in [4.78, 5) is 33.8. The molecule has 232 valence electrons. The van der Waals surface area contributed by atoms with E-state index >= 15 is 0 Å². The topological polar surface area (TPSA) is 129 Å². The summed E-state index contributed by atoms with van der Waals surface area (Å²) in [6, 6.07) is 10.0. The van der Waals surface area contributed by atoms with Crippen molar-refractivity contribution in [3.8, 4) is 0 Å². The van der Waals surface area contributed by atoms with Crippen LogP contribution in [-0.4, -0.2) is 58.0 Å². The van der Waals surface area contributed by atoms with Crippen LogP contribution in [0.3, 0.4) is 0 Å². The smallest absolute Gasteiger partial charge is 0.475 e. The van der Waals surface area contributed by atoms with Gasteiger partial charge in [-0.3, -0.25) is 9.78 Å². The minimum atomic E-state index is -5.08. The van der Waals surface area contributed by atoms with Crippen molar-refractivity contribution in [3.63, 3.8) is 0 Å². The molecule has 0 radical (unpaired) electrons. The van der Waals surface area contributed by atoms with Gasteiger partial charge < -0.3 is 20.8 Å². The van der Waals surface area contributed by atoms with Crippen molar-refractivity contribution in [2.75, 3.05) is 6.54 Å². The molecular weight excluding hydrogens is 593 g/mol. The fraction of sp³-hybridized carbons (Fsp3) is 0.440. The van der Waals surface area contributed by atoms with Crippen molar-refractivity contribution in [1.29, 1.82) is 0 Å². The highest BCUT2D eigenvalue weighted by Crippen LogP contribution is 2.41. The molecule has 0 bridgehead atoms. The third-order valence-corrected chi connectivity index (χ3v) is 5.85. The van der Waals surface area contributed by atoms with Crippen molar-refractivity contribution in [2.45, 2.75) is 56.3 Å². The summed E-state index contributed by atoms with van der Waals surface area (Å²) in [6.07, 6.45) is -9.61. The predicted molar refractivity (Wildman–Crippen MR) is 126 cm³/mol. The number of alkyl halides is 9. The third kappa shape index (κ3) is 11.5. The zero-order valence-electron chi connectivity index (χ0n) is 21.3. The van der Waals surface area contributed by atoms with Crippen LogP contribution in [-0.2, 0) is 22.3 Å². The van der Waals surface area contributed by atoms with E-state index in [1.807, 2.05) is 12.1 Å². The number of amides is 1. The van der Waals surface area contributed by atoms with Gasteiger partial charge >= 0.3 is 30.5 Å². The Bertz CT molecular complexity index is 1200. The Hall–Kier alpha value is -3.89. The fourth-order valence-corrected chi connectivity index (χ4v) is 3.41. The summed E-state index contributed by atoms with van der Waals surface area (Å²) < 4.78 is 102. The van der Waals surface area contributed by atoms with Crippen molar-refractivity contribution in [2.24, 2.45) is 5.92 Å². The van der Waals surface area contributed by atoms with Gasteiger partial charge in [-0.05, 0) is 61.6 Å². The zero-order chi connectivity index (χ0) is 31.9. The lowest BCUT2D eigenvalue weighted by atomic mass is 10.1. The van der Waals surface area contributed by atoms with Crippen LogP contribution in [0.2, 0.25) is 0 Å². The van der Waals surface area contributed by atoms with Crippen molar-refractivity contribution in [1.82, 2.24) is 15.6 Å². The molecule has 4 N–H and O–H groups in total. The number of carboxylic acid groups (broad SMARTS) is 2. The van der Waals surface area contributed by atoms with Crippen LogP contribution >= 0.6 is 0 Å². The molecule has 42 heavy (non-hydrogen) atoms. The number of carboxylic acids is 2. The molecule has 1 aromatic heterocycles. The monoisotopic (exact) mass is 617 g/mol. The Morgan fingerprint density at radius 2 is 1.38 bits per heavy atom. The minimum Gasteiger partial charge on any atom is -0.475 e. The molecule has 17 heteroatoms. The number of hydrogen-bond acceptors (Lipinski definition) is 5. The molecule has 0 aliphatic heterocycles. The van der Waals surface area contributed by atoms with E-state index in [1.54, 1.807) is 12.1 Å². The Kier molecular flexibility index (Phi) is 11.3. The van der Waals surface area contributed by atoms with E-state index in [-0.39, 0.29) is 12.2 Å². The second kappa shape index (κ2) is 13.8. The maximum Gasteiger partial charge on any atom is 0.490 e. The molecule has 2 saturated carbocycles. The molecule has 1 aromatic carbocycles. The molecule has 0 saturated heterocycles. The van der Waals surface area contributed by atoms with Crippen LogP contribution in [0.1, 0.15) is 52.4 Å². The standard InChI is InChI=1S/C21H22F3N3O.2C2HF3O2/c22-21(23,24)17-2-1-9-25-19(17)12-27-20(28)15-7-5-14(6-8-15)16-10-18(16)26-11-13-3-4-13;2*3-2(4,5)1(6)7/h1-2,5-9,13,16,18,26H,3-4,10-12H2,(H,27,28);2*(H,6,7). The normalized spacial score (nSPS) is 18.0. The first-order valence-electron chi connectivity index (χ1n) is 12.0. The first-order chi connectivity index (χ1) is 19.3. The largest absolute Gasteiger partial charge is 0.490 e. The first kappa shape index (κ1) is 34.3. The summed E-state index contributed by atoms with van der Waals surface area (Å²) in [5.41, 5.74) is 0.594. The number of rotatable bonds is 7. The quantitative estimate of drug-likeness (QED) is 0.317. The maximum atomic E-state index is 13.0. The van der Waals surface area contributed by atoms with E-state index in [4.69, 9.17) is 19.8 Å². The first-order valence-corrected chi connectivity index (χ1v) is 12.0. The highest BCUT2D eigenvalue weighted by atomic mass is 19.4. The van der Waals surface area contributed by atoms with Gasteiger partial charge in [0.15, 0.2) is 0 Å². The Morgan fingerprint density at radius 1 is 0.857 bits per heavy atom. The highest BCUT2D eigenvalue weighted by Gasteiger charge is 2.40. The summed E-state index contributed by atoms with van der Waals surface area (Å²) in [7, 11) is 0. The second-order valence-electron chi connectivity index (χ2n) is 9.21. The van der Waals surface area contributed by atoms with Crippen LogP contribution < -0.4 is 10.6 Å². The lowest BCUT2D eigenvalue weighted by molar-refractivity contribution is -0.193. The van der Waals surface area contributed by atoms with Crippen LogP contribution in [0.4, 0.5) is 39.5 Å². The van der Waals surface area contributed by atoms with Gasteiger partial charge in [-0.2, -0.15) is 39.5 Å². The Balaban J connectivity index is 0.000000367. The van der Waals surface area contributed by atoms with E-state index < -0.39 is 41.9 Å². The van der Waals surface area contributed by atoms with E-state index in [0.717, 1.165) is 24.9 Å². The van der Waals surface area contributed by atoms with Gasteiger partial charge in [-0.1, -0.05) is 12.1 Å². The molecule has 2 aliphatic carbocycles. The van der Waals surface area contributed by atoms with E-state index in [9.17, 15) is 44.3 Å². The number of aliphatic carboxylic acids is 2. The van der Waals surface area contributed by atoms with Gasteiger partial charge in [0.2, 0.25) is 0 Å². The van der Waals surface area contributed by atoms with Crippen LogP contribution in [0, 0.1) is 5.92 Å². The van der Waals surface area contributed by atoms with Gasteiger partial charge in [-0.15, -0.1) is 0 Å². The summed E-state index contributed by atoms with van der Waals surface area (Å²) >= 11 is 0. The zero-order valence-corrected chi connectivity index (χ0v) is 21.3. The average Bonchev–Trinajstić information content (AvgIpc) is 3.81. The lowest BCUT2D eigenvalue weighted by Gasteiger charge is -2.12. The van der Waals surface area contributed by atoms with Gasteiger partial charge in [0.1, 0.15) is 0 Å². The number of pyridine rings is 1. The number of nitrogens with zero attached hydrogens (tertiary/aromatic N) is 1. The van der Waals surface area contributed by atoms with Gasteiger partial charge in [-0.25, -0.2) is 9.59 Å². The van der Waals surface area contributed by atoms with Gasteiger partial charge in [0.25, 0.3) is 5.91 Å². The van der Waals surface area contributed by atoms with Gasteiger partial charge in [0, 0.05) is 23.7 Å². The van der Waals surface area contributed by atoms with Crippen molar-refractivity contribution in [3.05, 3.63) is 65.0 Å². The Labute approximate surface area is 231 Å². The molecule has 8 nitrogen and oxygen atoms in total.